The molecule has 0 aliphatic heterocycles. The molecule has 0 spiro atoms. The smallest absolute Gasteiger partial charge is 0.252 e. The van der Waals surface area contributed by atoms with Gasteiger partial charge in [-0.15, -0.1) is 0 Å². The van der Waals surface area contributed by atoms with Gasteiger partial charge in [-0.1, -0.05) is 20.8 Å². The number of aromatic nitrogens is 3. The van der Waals surface area contributed by atoms with Crippen LogP contribution in [0.15, 0.2) is 28.3 Å². The number of sulfone groups is 1. The van der Waals surface area contributed by atoms with E-state index in [0.717, 1.165) is 6.26 Å². The van der Waals surface area contributed by atoms with Crippen LogP contribution < -0.4 is 5.56 Å². The molecule has 2 aromatic heterocycles. The van der Waals surface area contributed by atoms with E-state index in [4.69, 9.17) is 0 Å². The lowest BCUT2D eigenvalue weighted by atomic mass is 9.87. The van der Waals surface area contributed by atoms with Crippen molar-refractivity contribution in [2.45, 2.75) is 38.9 Å². The third-order valence-electron chi connectivity index (χ3n) is 3.62. The van der Waals surface area contributed by atoms with Gasteiger partial charge in [0.15, 0.2) is 0 Å². The molecule has 0 saturated heterocycles. The molecule has 2 aromatic rings. The zero-order chi connectivity index (χ0) is 16.0. The van der Waals surface area contributed by atoms with Gasteiger partial charge < -0.3 is 0 Å². The van der Waals surface area contributed by atoms with Gasteiger partial charge >= 0.3 is 0 Å². The molecule has 0 unspecified atom stereocenters. The summed E-state index contributed by atoms with van der Waals surface area (Å²) in [7, 11) is -3.52. The van der Waals surface area contributed by atoms with Crippen molar-refractivity contribution in [1.82, 2.24) is 14.5 Å². The Morgan fingerprint density at radius 3 is 2.38 bits per heavy atom. The highest BCUT2D eigenvalue weighted by atomic mass is 32.2. The first-order chi connectivity index (χ1) is 9.51. The molecular formula is C14H19N3O3S. The van der Waals surface area contributed by atoms with Crippen LogP contribution in [0.25, 0.3) is 11.0 Å². The van der Waals surface area contributed by atoms with E-state index in [-0.39, 0.29) is 22.2 Å². The monoisotopic (exact) mass is 309 g/mol. The van der Waals surface area contributed by atoms with Crippen LogP contribution in [0.4, 0.5) is 0 Å². The second-order valence-corrected chi connectivity index (χ2v) is 8.20. The molecule has 1 atom stereocenters. The van der Waals surface area contributed by atoms with Gasteiger partial charge in [-0.3, -0.25) is 9.36 Å². The lowest BCUT2D eigenvalue weighted by molar-refractivity contribution is 0.262. The topological polar surface area (TPSA) is 81.9 Å². The highest BCUT2D eigenvalue weighted by Crippen LogP contribution is 2.30. The summed E-state index contributed by atoms with van der Waals surface area (Å²) in [6.07, 6.45) is 2.48. The second-order valence-electron chi connectivity index (χ2n) is 6.29. The highest BCUT2D eigenvalue weighted by molar-refractivity contribution is 7.90. The third-order valence-corrected chi connectivity index (χ3v) is 4.48. The molecule has 0 saturated carbocycles. The molecule has 0 fully saturated rings. The summed E-state index contributed by atoms with van der Waals surface area (Å²) in [5.41, 5.74) is -0.0302. The quantitative estimate of drug-likeness (QED) is 0.790. The fourth-order valence-corrected chi connectivity index (χ4v) is 2.46. The molecule has 0 bridgehead atoms. The van der Waals surface area contributed by atoms with Crippen molar-refractivity contribution in [2.75, 3.05) is 6.26 Å². The Hall–Kier alpha value is -1.76. The fraction of sp³-hybridized carbons (Fsp3) is 0.500. The van der Waals surface area contributed by atoms with Crippen molar-refractivity contribution in [2.24, 2.45) is 5.41 Å². The predicted octanol–water partition coefficient (Wildman–Crippen LogP) is 1.80. The predicted molar refractivity (Wildman–Crippen MR) is 81.1 cm³/mol. The van der Waals surface area contributed by atoms with Crippen molar-refractivity contribution in [3.05, 3.63) is 28.7 Å². The number of fused-ring (bicyclic) bond motifs is 1. The van der Waals surface area contributed by atoms with Crippen LogP contribution in [0, 0.1) is 5.41 Å². The number of nitrogens with zero attached hydrogens (tertiary/aromatic N) is 3. The van der Waals surface area contributed by atoms with Gasteiger partial charge in [0.2, 0.25) is 15.0 Å². The minimum atomic E-state index is -3.52. The molecule has 114 valence electrons. The molecule has 0 aliphatic rings. The zero-order valence-corrected chi connectivity index (χ0v) is 13.6. The maximum Gasteiger partial charge on any atom is 0.252 e. The van der Waals surface area contributed by atoms with E-state index in [1.54, 1.807) is 6.07 Å². The molecule has 0 radical (unpaired) electrons. The Bertz CT molecular complexity index is 848. The molecule has 2 rings (SSSR count). The van der Waals surface area contributed by atoms with E-state index in [1.807, 2.05) is 27.7 Å². The van der Waals surface area contributed by atoms with Crippen molar-refractivity contribution in [1.29, 1.82) is 0 Å². The zero-order valence-electron chi connectivity index (χ0n) is 12.8. The number of hydrogen-bond donors (Lipinski definition) is 0. The van der Waals surface area contributed by atoms with Crippen molar-refractivity contribution in [3.8, 4) is 0 Å². The van der Waals surface area contributed by atoms with E-state index in [0.29, 0.717) is 11.0 Å². The van der Waals surface area contributed by atoms with Gasteiger partial charge in [0.1, 0.15) is 5.65 Å². The lowest BCUT2D eigenvalue weighted by Crippen LogP contribution is -2.31. The van der Waals surface area contributed by atoms with E-state index >= 15 is 0 Å². The lowest BCUT2D eigenvalue weighted by Gasteiger charge is -2.29. The van der Waals surface area contributed by atoms with Crippen LogP contribution in [0.1, 0.15) is 33.7 Å². The average Bonchev–Trinajstić information content (AvgIpc) is 2.35. The van der Waals surface area contributed by atoms with Gasteiger partial charge in [0.05, 0.1) is 0 Å². The van der Waals surface area contributed by atoms with Crippen molar-refractivity contribution >= 4 is 20.9 Å². The Labute approximate surface area is 123 Å². The highest BCUT2D eigenvalue weighted by Gasteiger charge is 2.25. The van der Waals surface area contributed by atoms with E-state index in [1.165, 1.54) is 16.8 Å². The Morgan fingerprint density at radius 2 is 1.86 bits per heavy atom. The normalized spacial score (nSPS) is 14.3. The molecule has 0 aliphatic carbocycles. The SMILES string of the molecule is C[C@H](n1c(=O)ccc2cnc(S(C)(=O)=O)nc21)C(C)(C)C. The molecule has 2 heterocycles. The number of pyridine rings is 1. The first kappa shape index (κ1) is 15.6. The van der Waals surface area contributed by atoms with Crippen LogP contribution >= 0.6 is 0 Å². The Balaban J connectivity index is 2.86. The summed E-state index contributed by atoms with van der Waals surface area (Å²) >= 11 is 0. The number of hydrogen-bond acceptors (Lipinski definition) is 5. The van der Waals surface area contributed by atoms with Crippen LogP contribution in [-0.4, -0.2) is 29.2 Å². The van der Waals surface area contributed by atoms with E-state index in [9.17, 15) is 13.2 Å². The summed E-state index contributed by atoms with van der Waals surface area (Å²) in [5.74, 6) is 0. The molecule has 6 nitrogen and oxygen atoms in total. The van der Waals surface area contributed by atoms with Gasteiger partial charge in [-0.05, 0) is 18.4 Å². The summed E-state index contributed by atoms with van der Waals surface area (Å²) in [4.78, 5) is 20.2. The molecule has 0 aromatic carbocycles. The van der Waals surface area contributed by atoms with Gasteiger partial charge in [-0.25, -0.2) is 13.4 Å². The standard InChI is InChI=1S/C14H19N3O3S/c1-9(14(2,3)4)17-11(18)7-6-10-8-15-13(16-12(10)17)21(5,19)20/h6-9H,1-5H3/t9-/m0/s1. The maximum atomic E-state index is 12.2. The summed E-state index contributed by atoms with van der Waals surface area (Å²) in [6.45, 7) is 7.97. The molecule has 0 N–H and O–H groups in total. The first-order valence-electron chi connectivity index (χ1n) is 6.60. The molecule has 0 amide bonds. The van der Waals surface area contributed by atoms with Gasteiger partial charge in [0, 0.05) is 29.9 Å². The van der Waals surface area contributed by atoms with Crippen molar-refractivity contribution < 1.29 is 8.42 Å². The minimum Gasteiger partial charge on any atom is -0.289 e. The van der Waals surface area contributed by atoms with Crippen LogP contribution in [-0.2, 0) is 9.84 Å². The largest absolute Gasteiger partial charge is 0.289 e. The molecule has 7 heteroatoms. The first-order valence-corrected chi connectivity index (χ1v) is 8.49. The fourth-order valence-electron chi connectivity index (χ4n) is 1.96. The number of rotatable bonds is 2. The summed E-state index contributed by atoms with van der Waals surface area (Å²) in [5, 5.41) is 0.369. The van der Waals surface area contributed by atoms with Crippen LogP contribution in [0.2, 0.25) is 0 Å². The summed E-state index contributed by atoms with van der Waals surface area (Å²) in [6, 6.07) is 2.92. The van der Waals surface area contributed by atoms with Gasteiger partial charge in [0.25, 0.3) is 5.56 Å². The van der Waals surface area contributed by atoms with Crippen LogP contribution in [0.3, 0.4) is 0 Å². The Morgan fingerprint density at radius 1 is 1.24 bits per heavy atom. The minimum absolute atomic E-state index is 0.143. The van der Waals surface area contributed by atoms with E-state index in [2.05, 4.69) is 9.97 Å². The Kier molecular flexibility index (Phi) is 3.65. The average molecular weight is 309 g/mol. The van der Waals surface area contributed by atoms with Crippen molar-refractivity contribution in [3.63, 3.8) is 0 Å². The molecule has 21 heavy (non-hydrogen) atoms. The maximum absolute atomic E-state index is 12.2. The summed E-state index contributed by atoms with van der Waals surface area (Å²) < 4.78 is 24.8. The van der Waals surface area contributed by atoms with Crippen LogP contribution in [0.5, 0.6) is 0 Å². The van der Waals surface area contributed by atoms with E-state index < -0.39 is 9.84 Å². The molecular weight excluding hydrogens is 290 g/mol. The van der Waals surface area contributed by atoms with Gasteiger partial charge in [-0.2, -0.15) is 4.98 Å². The third kappa shape index (κ3) is 2.97. The second kappa shape index (κ2) is 4.91.